The second-order valence-electron chi connectivity index (χ2n) is 7.06. The van der Waals surface area contributed by atoms with E-state index in [1.54, 1.807) is 27.7 Å². The standard InChI is InChI=1S/C15H31O7P/c1-14(2,13(16)17)9-5-7-11-21-12-8-6-10-15(3,4)22-23(18,19)20/h5-12H2,1-4H3,(H,16,17)(H2,18,19,20). The third kappa shape index (κ3) is 12.6. The van der Waals surface area contributed by atoms with Crippen molar-refractivity contribution in [2.24, 2.45) is 5.41 Å². The molecule has 0 atom stereocenters. The van der Waals surface area contributed by atoms with Gasteiger partial charge < -0.3 is 19.6 Å². The van der Waals surface area contributed by atoms with Gasteiger partial charge in [0.15, 0.2) is 0 Å². The van der Waals surface area contributed by atoms with Gasteiger partial charge in [-0.25, -0.2) is 4.57 Å². The molecular weight excluding hydrogens is 323 g/mol. The Balaban J connectivity index is 3.61. The van der Waals surface area contributed by atoms with E-state index in [4.69, 9.17) is 24.2 Å². The van der Waals surface area contributed by atoms with Crippen molar-refractivity contribution in [1.29, 1.82) is 0 Å². The van der Waals surface area contributed by atoms with Crippen molar-refractivity contribution in [3.63, 3.8) is 0 Å². The Bertz CT molecular complexity index is 401. The number of carboxylic acids is 1. The van der Waals surface area contributed by atoms with E-state index in [0.29, 0.717) is 26.1 Å². The molecule has 8 heteroatoms. The number of hydrogen-bond acceptors (Lipinski definition) is 4. The molecule has 0 saturated carbocycles. The van der Waals surface area contributed by atoms with E-state index in [2.05, 4.69) is 0 Å². The van der Waals surface area contributed by atoms with Crippen LogP contribution in [0.1, 0.15) is 66.2 Å². The van der Waals surface area contributed by atoms with Crippen molar-refractivity contribution in [3.8, 4) is 0 Å². The predicted molar refractivity (Wildman–Crippen MR) is 87.1 cm³/mol. The van der Waals surface area contributed by atoms with Crippen molar-refractivity contribution in [3.05, 3.63) is 0 Å². The Morgan fingerprint density at radius 2 is 1.43 bits per heavy atom. The summed E-state index contributed by atoms with van der Waals surface area (Å²) >= 11 is 0. The molecule has 0 rings (SSSR count). The van der Waals surface area contributed by atoms with E-state index < -0.39 is 24.8 Å². The molecule has 0 saturated heterocycles. The third-order valence-electron chi connectivity index (χ3n) is 3.60. The van der Waals surface area contributed by atoms with Crippen LogP contribution in [-0.4, -0.2) is 39.7 Å². The van der Waals surface area contributed by atoms with Crippen molar-refractivity contribution in [2.45, 2.75) is 71.8 Å². The van der Waals surface area contributed by atoms with Gasteiger partial charge in [-0.2, -0.15) is 0 Å². The summed E-state index contributed by atoms with van der Waals surface area (Å²) in [5.74, 6) is -0.779. The van der Waals surface area contributed by atoms with E-state index >= 15 is 0 Å². The lowest BCUT2D eigenvalue weighted by atomic mass is 9.87. The van der Waals surface area contributed by atoms with Crippen molar-refractivity contribution >= 4 is 13.8 Å². The van der Waals surface area contributed by atoms with Crippen molar-refractivity contribution in [2.75, 3.05) is 13.2 Å². The summed E-state index contributed by atoms with van der Waals surface area (Å²) in [7, 11) is -4.46. The average Bonchev–Trinajstić information content (AvgIpc) is 2.33. The van der Waals surface area contributed by atoms with Gasteiger partial charge in [0.05, 0.1) is 11.0 Å². The summed E-state index contributed by atoms with van der Waals surface area (Å²) in [5.41, 5.74) is -1.55. The van der Waals surface area contributed by atoms with Crippen LogP contribution in [0.2, 0.25) is 0 Å². The molecule has 0 bridgehead atoms. The number of unbranched alkanes of at least 4 members (excludes halogenated alkanes) is 2. The lowest BCUT2D eigenvalue weighted by Crippen LogP contribution is -2.23. The van der Waals surface area contributed by atoms with Gasteiger partial charge in [-0.1, -0.05) is 6.42 Å². The highest BCUT2D eigenvalue weighted by Crippen LogP contribution is 2.42. The first-order valence-corrected chi connectivity index (χ1v) is 9.46. The first-order chi connectivity index (χ1) is 10.4. The Kier molecular flexibility index (Phi) is 9.55. The monoisotopic (exact) mass is 354 g/mol. The Labute approximate surface area is 138 Å². The molecule has 0 aliphatic carbocycles. The molecule has 3 N–H and O–H groups in total. The van der Waals surface area contributed by atoms with Crippen molar-refractivity contribution in [1.82, 2.24) is 0 Å². The molecule has 0 aliphatic rings. The number of aliphatic carboxylic acids is 1. The number of carbonyl (C=O) groups is 1. The summed E-state index contributed by atoms with van der Waals surface area (Å²) in [6.07, 6.45) is 4.33. The summed E-state index contributed by atoms with van der Waals surface area (Å²) in [6.45, 7) is 7.91. The molecule has 0 aromatic carbocycles. The zero-order chi connectivity index (χ0) is 18.1. The van der Waals surface area contributed by atoms with Crippen molar-refractivity contribution < 1.29 is 33.5 Å². The SMILES string of the molecule is CC(C)(CCCCOCCCCC(C)(C)C(=O)O)OP(=O)(O)O. The van der Waals surface area contributed by atoms with Crippen LogP contribution < -0.4 is 0 Å². The smallest absolute Gasteiger partial charge is 0.470 e. The fourth-order valence-electron chi connectivity index (χ4n) is 2.10. The molecule has 0 unspecified atom stereocenters. The molecule has 23 heavy (non-hydrogen) atoms. The summed E-state index contributed by atoms with van der Waals surface area (Å²) in [4.78, 5) is 28.5. The molecular formula is C15H31O7P. The van der Waals surface area contributed by atoms with E-state index in [0.717, 1.165) is 25.7 Å². The second-order valence-corrected chi connectivity index (χ2v) is 8.22. The largest absolute Gasteiger partial charge is 0.481 e. The van der Waals surface area contributed by atoms with Crippen LogP contribution in [-0.2, 0) is 18.6 Å². The summed E-state index contributed by atoms with van der Waals surface area (Å²) in [5, 5.41) is 8.99. The van der Waals surface area contributed by atoms with E-state index in [9.17, 15) is 9.36 Å². The molecule has 0 radical (unpaired) electrons. The minimum atomic E-state index is -4.46. The predicted octanol–water partition coefficient (Wildman–Crippen LogP) is 3.34. The summed E-state index contributed by atoms with van der Waals surface area (Å²) < 4.78 is 21.0. The van der Waals surface area contributed by atoms with Crippen LogP contribution in [0.3, 0.4) is 0 Å². The number of carboxylic acid groups (broad SMARTS) is 1. The number of hydrogen-bond donors (Lipinski definition) is 3. The lowest BCUT2D eigenvalue weighted by Gasteiger charge is -2.25. The first-order valence-electron chi connectivity index (χ1n) is 7.93. The number of ether oxygens (including phenoxy) is 1. The van der Waals surface area contributed by atoms with Gasteiger partial charge in [0.2, 0.25) is 0 Å². The maximum atomic E-state index is 10.9. The normalized spacial score (nSPS) is 13.3. The Morgan fingerprint density at radius 1 is 0.957 bits per heavy atom. The van der Waals surface area contributed by atoms with E-state index in [1.165, 1.54) is 0 Å². The van der Waals surface area contributed by atoms with Gasteiger partial charge in [-0.3, -0.25) is 9.32 Å². The number of phosphoric ester groups is 1. The van der Waals surface area contributed by atoms with Crippen LogP contribution in [0, 0.1) is 5.41 Å². The zero-order valence-electron chi connectivity index (χ0n) is 14.6. The van der Waals surface area contributed by atoms with Crippen LogP contribution in [0.4, 0.5) is 0 Å². The third-order valence-corrected chi connectivity index (χ3v) is 4.34. The molecule has 0 aromatic heterocycles. The highest BCUT2D eigenvalue weighted by Gasteiger charge is 2.28. The van der Waals surface area contributed by atoms with E-state index in [-0.39, 0.29) is 0 Å². The molecule has 0 aliphatic heterocycles. The minimum absolute atomic E-state index is 0.536. The number of phosphoric acid groups is 1. The maximum absolute atomic E-state index is 10.9. The zero-order valence-corrected chi connectivity index (χ0v) is 15.5. The molecule has 0 spiro atoms. The molecule has 0 heterocycles. The topological polar surface area (TPSA) is 113 Å². The molecule has 0 amide bonds. The summed E-state index contributed by atoms with van der Waals surface area (Å²) in [6, 6.07) is 0. The van der Waals surface area contributed by atoms with Crippen LogP contribution in [0.15, 0.2) is 0 Å². The lowest BCUT2D eigenvalue weighted by molar-refractivity contribution is -0.147. The minimum Gasteiger partial charge on any atom is -0.481 e. The van der Waals surface area contributed by atoms with Gasteiger partial charge in [-0.05, 0) is 59.8 Å². The highest BCUT2D eigenvalue weighted by atomic mass is 31.2. The first kappa shape index (κ1) is 22.5. The van der Waals surface area contributed by atoms with Crippen LogP contribution in [0.25, 0.3) is 0 Å². The van der Waals surface area contributed by atoms with Gasteiger partial charge in [0.25, 0.3) is 0 Å². The molecule has 138 valence electrons. The van der Waals surface area contributed by atoms with E-state index in [1.807, 2.05) is 0 Å². The fraction of sp³-hybridized carbons (Fsp3) is 0.933. The van der Waals surface area contributed by atoms with Gasteiger partial charge in [-0.15, -0.1) is 0 Å². The Hall–Kier alpha value is -0.460. The maximum Gasteiger partial charge on any atom is 0.470 e. The quantitative estimate of drug-likeness (QED) is 0.343. The highest BCUT2D eigenvalue weighted by molar-refractivity contribution is 7.46. The van der Waals surface area contributed by atoms with Crippen LogP contribution in [0.5, 0.6) is 0 Å². The van der Waals surface area contributed by atoms with Gasteiger partial charge in [0.1, 0.15) is 0 Å². The fourth-order valence-corrected chi connectivity index (χ4v) is 2.84. The average molecular weight is 354 g/mol. The number of rotatable bonds is 13. The van der Waals surface area contributed by atoms with Gasteiger partial charge >= 0.3 is 13.8 Å². The Morgan fingerprint density at radius 3 is 1.87 bits per heavy atom. The molecule has 7 nitrogen and oxygen atoms in total. The second kappa shape index (κ2) is 9.74. The molecule has 0 aromatic rings. The molecule has 0 fully saturated rings. The van der Waals surface area contributed by atoms with Crippen LogP contribution >= 0.6 is 7.82 Å². The van der Waals surface area contributed by atoms with Gasteiger partial charge in [0, 0.05) is 13.2 Å².